The summed E-state index contributed by atoms with van der Waals surface area (Å²) >= 11 is 0. The van der Waals surface area contributed by atoms with E-state index < -0.39 is 10.8 Å². The molecule has 1 heterocycles. The Bertz CT molecular complexity index is 665. The fourth-order valence-corrected chi connectivity index (χ4v) is 7.38. The van der Waals surface area contributed by atoms with Crippen LogP contribution in [0.25, 0.3) is 0 Å². The van der Waals surface area contributed by atoms with Crippen LogP contribution in [0.1, 0.15) is 71.1 Å². The molecule has 1 saturated heterocycles. The predicted octanol–water partition coefficient (Wildman–Crippen LogP) is 2.98. The van der Waals surface area contributed by atoms with Crippen molar-refractivity contribution < 1.29 is 9.59 Å². The lowest BCUT2D eigenvalue weighted by Gasteiger charge is -2.48. The first-order chi connectivity index (χ1) is 13.5. The molecular formula is C23H37N3O2. The van der Waals surface area contributed by atoms with Gasteiger partial charge in [-0.3, -0.25) is 9.59 Å². The van der Waals surface area contributed by atoms with E-state index in [1.54, 1.807) is 0 Å². The molecule has 5 heteroatoms. The van der Waals surface area contributed by atoms with Gasteiger partial charge in [0, 0.05) is 0 Å². The van der Waals surface area contributed by atoms with Crippen LogP contribution in [0, 0.1) is 28.1 Å². The van der Waals surface area contributed by atoms with Crippen molar-refractivity contribution >= 4 is 11.8 Å². The lowest BCUT2D eigenvalue weighted by atomic mass is 9.53. The average Bonchev–Trinajstić information content (AvgIpc) is 3.04. The van der Waals surface area contributed by atoms with E-state index in [0.29, 0.717) is 12.8 Å². The largest absolute Gasteiger partial charge is 0.369 e. The van der Waals surface area contributed by atoms with Crippen molar-refractivity contribution in [3.8, 4) is 0 Å². The van der Waals surface area contributed by atoms with Gasteiger partial charge in [-0.15, -0.1) is 0 Å². The fraction of sp³-hybridized carbons (Fsp3) is 0.826. The van der Waals surface area contributed by atoms with Crippen LogP contribution in [0.4, 0.5) is 0 Å². The predicted molar refractivity (Wildman–Crippen MR) is 110 cm³/mol. The van der Waals surface area contributed by atoms with Crippen LogP contribution >= 0.6 is 0 Å². The molecule has 0 aromatic rings. The number of carbonyl (C=O) groups is 2. The van der Waals surface area contributed by atoms with E-state index in [2.05, 4.69) is 24.0 Å². The molecule has 2 saturated carbocycles. The van der Waals surface area contributed by atoms with Gasteiger partial charge in [-0.25, -0.2) is 0 Å². The molecule has 0 aromatic carbocycles. The molecular weight excluding hydrogens is 350 g/mol. The number of amides is 2. The Kier molecular flexibility index (Phi) is 5.09. The minimum absolute atomic E-state index is 0.0761. The van der Waals surface area contributed by atoms with Gasteiger partial charge in [0.05, 0.1) is 10.8 Å². The van der Waals surface area contributed by atoms with E-state index >= 15 is 0 Å². The van der Waals surface area contributed by atoms with Crippen LogP contribution in [0.2, 0.25) is 0 Å². The van der Waals surface area contributed by atoms with Crippen LogP contribution in [0.3, 0.4) is 0 Å². The lowest BCUT2D eigenvalue weighted by Crippen LogP contribution is -2.59. The monoisotopic (exact) mass is 387 g/mol. The molecule has 2 bridgehead atoms. The molecule has 4 atom stereocenters. The van der Waals surface area contributed by atoms with Gasteiger partial charge in [0.25, 0.3) is 0 Å². The zero-order valence-corrected chi connectivity index (χ0v) is 17.4. The average molecular weight is 388 g/mol. The van der Waals surface area contributed by atoms with Crippen LogP contribution in [-0.4, -0.2) is 36.3 Å². The fourth-order valence-electron chi connectivity index (χ4n) is 7.38. The molecule has 4 N–H and O–H groups in total. The maximum atomic E-state index is 13.1. The molecule has 4 rings (SSSR count). The first-order valence-electron chi connectivity index (χ1n) is 11.5. The summed E-state index contributed by atoms with van der Waals surface area (Å²) in [5.41, 5.74) is 10.8. The Balaban J connectivity index is 1.63. The van der Waals surface area contributed by atoms with E-state index in [1.807, 2.05) is 0 Å². The highest BCUT2D eigenvalue weighted by atomic mass is 16.2. The smallest absolute Gasteiger partial charge is 0.225 e. The summed E-state index contributed by atoms with van der Waals surface area (Å²) in [5.74, 6) is -0.382. The molecule has 0 radical (unpaired) electrons. The van der Waals surface area contributed by atoms with Crippen molar-refractivity contribution in [2.75, 3.05) is 19.6 Å². The van der Waals surface area contributed by atoms with E-state index in [0.717, 1.165) is 45.1 Å². The molecule has 0 unspecified atom stereocenters. The molecule has 2 amide bonds. The van der Waals surface area contributed by atoms with Gasteiger partial charge in [0.1, 0.15) is 0 Å². The molecule has 3 fully saturated rings. The topological polar surface area (TPSA) is 89.4 Å². The van der Waals surface area contributed by atoms with Gasteiger partial charge in [-0.05, 0) is 81.8 Å². The zero-order valence-electron chi connectivity index (χ0n) is 17.4. The number of nitrogens with zero attached hydrogens (tertiary/aromatic N) is 1. The molecule has 5 nitrogen and oxygen atoms in total. The Labute approximate surface area is 169 Å². The number of likely N-dealkylation sites (tertiary alicyclic amines) is 1. The summed E-state index contributed by atoms with van der Waals surface area (Å²) < 4.78 is 0. The normalized spacial score (nSPS) is 37.8. The minimum atomic E-state index is -0.797. The standard InChI is InChI=1S/C23H37N3O2/c1-2-3-10-22(19(24)27)17-8-9-18(21(17)12-13-21)23(22,20(25)28)11-4-5-14-26-15-6-7-16-26/h8-9,17-18H,2-7,10-16H2,1H3,(H2,24,27)(H2,25,28)/t17-,18+,22-,23-/m0/s1. The molecule has 1 spiro atoms. The molecule has 0 aromatic heterocycles. The summed E-state index contributed by atoms with van der Waals surface area (Å²) in [4.78, 5) is 28.7. The third-order valence-corrected chi connectivity index (χ3v) is 8.72. The van der Waals surface area contributed by atoms with Gasteiger partial charge >= 0.3 is 0 Å². The molecule has 28 heavy (non-hydrogen) atoms. The van der Waals surface area contributed by atoms with Gasteiger partial charge in [-0.2, -0.15) is 0 Å². The quantitative estimate of drug-likeness (QED) is 0.446. The Hall–Kier alpha value is -1.36. The number of unbranched alkanes of at least 4 members (excludes halogenated alkanes) is 2. The number of nitrogens with two attached hydrogens (primary N) is 2. The van der Waals surface area contributed by atoms with Crippen molar-refractivity contribution in [3.05, 3.63) is 12.2 Å². The highest BCUT2D eigenvalue weighted by molar-refractivity contribution is 5.95. The van der Waals surface area contributed by atoms with Crippen LogP contribution in [-0.2, 0) is 9.59 Å². The molecule has 4 aliphatic rings. The first kappa shape index (κ1) is 19.9. The van der Waals surface area contributed by atoms with Crippen molar-refractivity contribution in [2.24, 2.45) is 39.5 Å². The van der Waals surface area contributed by atoms with E-state index in [9.17, 15) is 9.59 Å². The van der Waals surface area contributed by atoms with Crippen LogP contribution in [0.15, 0.2) is 12.2 Å². The van der Waals surface area contributed by atoms with Crippen molar-refractivity contribution in [2.45, 2.75) is 71.1 Å². The summed E-state index contributed by atoms with van der Waals surface area (Å²) in [7, 11) is 0. The number of hydrogen-bond acceptors (Lipinski definition) is 3. The molecule has 156 valence electrons. The van der Waals surface area contributed by atoms with Crippen LogP contribution in [0.5, 0.6) is 0 Å². The highest BCUT2D eigenvalue weighted by Crippen LogP contribution is 2.81. The van der Waals surface area contributed by atoms with Crippen molar-refractivity contribution in [1.82, 2.24) is 4.90 Å². The number of rotatable bonds is 10. The maximum absolute atomic E-state index is 13.1. The highest BCUT2D eigenvalue weighted by Gasteiger charge is 2.81. The summed E-state index contributed by atoms with van der Waals surface area (Å²) in [6.45, 7) is 5.60. The summed E-state index contributed by atoms with van der Waals surface area (Å²) in [6.07, 6.45) is 14.5. The second-order valence-electron chi connectivity index (χ2n) is 9.85. The summed E-state index contributed by atoms with van der Waals surface area (Å²) in [5, 5.41) is 0. The maximum Gasteiger partial charge on any atom is 0.225 e. The second-order valence-corrected chi connectivity index (χ2v) is 9.85. The number of carbonyl (C=O) groups excluding carboxylic acids is 2. The zero-order chi connectivity index (χ0) is 20.0. The molecule has 1 aliphatic heterocycles. The SMILES string of the molecule is CCCC[C@@]1(C(N)=O)[C@H]2C=C[C@H](C23CC3)[C@@]1(CCCCN1CCCC1)C(N)=O. The second kappa shape index (κ2) is 7.16. The van der Waals surface area contributed by atoms with E-state index in [1.165, 1.54) is 25.9 Å². The number of hydrogen-bond donors (Lipinski definition) is 2. The minimum Gasteiger partial charge on any atom is -0.369 e. The molecule has 3 aliphatic carbocycles. The first-order valence-corrected chi connectivity index (χ1v) is 11.5. The van der Waals surface area contributed by atoms with Crippen molar-refractivity contribution in [1.29, 1.82) is 0 Å². The van der Waals surface area contributed by atoms with E-state index in [-0.39, 0.29) is 29.1 Å². The van der Waals surface area contributed by atoms with Gasteiger partial charge in [-0.1, -0.05) is 38.3 Å². The van der Waals surface area contributed by atoms with Gasteiger partial charge in [0.2, 0.25) is 11.8 Å². The number of primary amides is 2. The summed E-state index contributed by atoms with van der Waals surface area (Å²) in [6, 6.07) is 0. The van der Waals surface area contributed by atoms with Gasteiger partial charge < -0.3 is 16.4 Å². The van der Waals surface area contributed by atoms with Crippen LogP contribution < -0.4 is 11.5 Å². The lowest BCUT2D eigenvalue weighted by molar-refractivity contribution is -0.152. The number of allylic oxidation sites excluding steroid dienone is 2. The van der Waals surface area contributed by atoms with Gasteiger partial charge in [0.15, 0.2) is 0 Å². The Morgan fingerprint density at radius 1 is 0.929 bits per heavy atom. The van der Waals surface area contributed by atoms with E-state index in [4.69, 9.17) is 11.5 Å². The third-order valence-electron chi connectivity index (χ3n) is 8.72. The Morgan fingerprint density at radius 3 is 1.93 bits per heavy atom. The van der Waals surface area contributed by atoms with Crippen molar-refractivity contribution in [3.63, 3.8) is 0 Å². The third kappa shape index (κ3) is 2.54. The Morgan fingerprint density at radius 2 is 1.46 bits per heavy atom.